The van der Waals surface area contributed by atoms with Crippen LogP contribution in [0.5, 0.6) is 0 Å². The van der Waals surface area contributed by atoms with Crippen molar-refractivity contribution in [3.05, 3.63) is 70.2 Å². The number of hydrazone groups is 1. The first-order valence-corrected chi connectivity index (χ1v) is 9.54. The number of nitrogens with one attached hydrogen (secondary N) is 1. The first-order chi connectivity index (χ1) is 13.1. The van der Waals surface area contributed by atoms with Crippen LogP contribution in [0.2, 0.25) is 5.02 Å². The first-order valence-electron chi connectivity index (χ1n) is 9.16. The van der Waals surface area contributed by atoms with E-state index in [0.29, 0.717) is 11.6 Å². The number of nitrogens with zero attached hydrogens (tertiary/aromatic N) is 3. The van der Waals surface area contributed by atoms with E-state index in [1.807, 2.05) is 12.1 Å². The zero-order valence-electron chi connectivity index (χ0n) is 15.6. The van der Waals surface area contributed by atoms with E-state index < -0.39 is 0 Å². The molecule has 1 amide bonds. The summed E-state index contributed by atoms with van der Waals surface area (Å²) < 4.78 is 0. The van der Waals surface area contributed by atoms with Gasteiger partial charge < -0.3 is 0 Å². The third kappa shape index (κ3) is 6.47. The van der Waals surface area contributed by atoms with E-state index in [2.05, 4.69) is 51.5 Å². The molecule has 1 heterocycles. The van der Waals surface area contributed by atoms with Crippen molar-refractivity contribution >= 4 is 23.7 Å². The zero-order valence-corrected chi connectivity index (χ0v) is 16.3. The zero-order chi connectivity index (χ0) is 19.1. The Hall–Kier alpha value is -2.21. The van der Waals surface area contributed by atoms with Gasteiger partial charge in [0.15, 0.2) is 0 Å². The van der Waals surface area contributed by atoms with Gasteiger partial charge in [-0.3, -0.25) is 14.6 Å². The molecule has 27 heavy (non-hydrogen) atoms. The van der Waals surface area contributed by atoms with Gasteiger partial charge in [-0.15, -0.1) is 0 Å². The molecule has 5 nitrogen and oxygen atoms in total. The van der Waals surface area contributed by atoms with Crippen LogP contribution in [0.1, 0.15) is 16.7 Å². The van der Waals surface area contributed by atoms with E-state index in [1.54, 1.807) is 18.3 Å². The fourth-order valence-corrected chi connectivity index (χ4v) is 3.15. The Morgan fingerprint density at radius 1 is 1.04 bits per heavy atom. The van der Waals surface area contributed by atoms with Crippen molar-refractivity contribution in [2.45, 2.75) is 13.5 Å². The fraction of sp³-hybridized carbons (Fsp3) is 0.333. The highest BCUT2D eigenvalue weighted by Crippen LogP contribution is 2.10. The Labute approximate surface area is 165 Å². The lowest BCUT2D eigenvalue weighted by Gasteiger charge is -2.34. The molecule has 0 bridgehead atoms. The molecular formula is C21H25ClN4O. The molecule has 0 atom stereocenters. The Balaban J connectivity index is 1.37. The number of carbonyl (C=O) groups excluding carboxylic acids is 1. The number of aryl methyl sites for hydroxylation is 1. The predicted octanol–water partition coefficient (Wildman–Crippen LogP) is 2.92. The molecule has 1 saturated heterocycles. The number of benzene rings is 2. The second kappa shape index (κ2) is 9.65. The smallest absolute Gasteiger partial charge is 0.254 e. The molecule has 1 aliphatic heterocycles. The van der Waals surface area contributed by atoms with Gasteiger partial charge in [0.05, 0.1) is 12.8 Å². The van der Waals surface area contributed by atoms with Gasteiger partial charge >= 0.3 is 0 Å². The van der Waals surface area contributed by atoms with Crippen LogP contribution >= 0.6 is 11.6 Å². The standard InChI is InChI=1S/C21H25ClN4O/c1-17-2-4-19(5-3-17)15-25-10-12-26(13-11-25)16-21(27)24-23-14-18-6-8-20(22)9-7-18/h2-9,14H,10-13,15-16H2,1H3,(H,24,27)/b23-14+. The number of rotatable bonds is 6. The van der Waals surface area contributed by atoms with Crippen LogP contribution in [0.3, 0.4) is 0 Å². The molecule has 0 aliphatic carbocycles. The number of piperazine rings is 1. The van der Waals surface area contributed by atoms with Crippen LogP contribution < -0.4 is 5.43 Å². The molecule has 142 valence electrons. The highest BCUT2D eigenvalue weighted by atomic mass is 35.5. The van der Waals surface area contributed by atoms with Crippen molar-refractivity contribution in [3.63, 3.8) is 0 Å². The highest BCUT2D eigenvalue weighted by Gasteiger charge is 2.18. The second-order valence-electron chi connectivity index (χ2n) is 6.88. The average molecular weight is 385 g/mol. The van der Waals surface area contributed by atoms with Crippen molar-refractivity contribution < 1.29 is 4.79 Å². The maximum atomic E-state index is 12.1. The summed E-state index contributed by atoms with van der Waals surface area (Å²) >= 11 is 5.84. The molecule has 0 aromatic heterocycles. The number of hydrogen-bond acceptors (Lipinski definition) is 4. The van der Waals surface area contributed by atoms with Crippen molar-refractivity contribution in [3.8, 4) is 0 Å². The lowest BCUT2D eigenvalue weighted by molar-refractivity contribution is -0.122. The van der Waals surface area contributed by atoms with Gasteiger partial charge in [-0.25, -0.2) is 5.43 Å². The van der Waals surface area contributed by atoms with E-state index in [0.717, 1.165) is 38.3 Å². The maximum absolute atomic E-state index is 12.1. The summed E-state index contributed by atoms with van der Waals surface area (Å²) in [5, 5.41) is 4.69. The lowest BCUT2D eigenvalue weighted by atomic mass is 10.1. The Morgan fingerprint density at radius 2 is 1.67 bits per heavy atom. The summed E-state index contributed by atoms with van der Waals surface area (Å²) in [6.45, 7) is 7.15. The summed E-state index contributed by atoms with van der Waals surface area (Å²) in [6.07, 6.45) is 1.62. The van der Waals surface area contributed by atoms with Crippen LogP contribution in [0.25, 0.3) is 0 Å². The summed E-state index contributed by atoms with van der Waals surface area (Å²) in [5.41, 5.74) is 6.11. The van der Waals surface area contributed by atoms with Gasteiger partial charge in [0.2, 0.25) is 0 Å². The molecule has 2 aromatic rings. The largest absolute Gasteiger partial charge is 0.297 e. The SMILES string of the molecule is Cc1ccc(CN2CCN(CC(=O)N/N=C/c3ccc(Cl)cc3)CC2)cc1. The molecule has 3 rings (SSSR count). The molecular weight excluding hydrogens is 360 g/mol. The second-order valence-corrected chi connectivity index (χ2v) is 7.32. The lowest BCUT2D eigenvalue weighted by Crippen LogP contribution is -2.48. The molecule has 1 fully saturated rings. The van der Waals surface area contributed by atoms with Gasteiger partial charge in [-0.05, 0) is 30.2 Å². The van der Waals surface area contributed by atoms with E-state index in [-0.39, 0.29) is 5.91 Å². The van der Waals surface area contributed by atoms with E-state index in [1.165, 1.54) is 11.1 Å². The van der Waals surface area contributed by atoms with Gasteiger partial charge in [-0.2, -0.15) is 5.10 Å². The Kier molecular flexibility index (Phi) is 6.98. The normalized spacial score (nSPS) is 15.9. The van der Waals surface area contributed by atoms with Crippen LogP contribution in [0, 0.1) is 6.92 Å². The van der Waals surface area contributed by atoms with Gasteiger partial charge in [0.25, 0.3) is 5.91 Å². The minimum absolute atomic E-state index is 0.0906. The number of carbonyl (C=O) groups is 1. The summed E-state index contributed by atoms with van der Waals surface area (Å²) in [7, 11) is 0. The molecule has 1 N–H and O–H groups in total. The monoisotopic (exact) mass is 384 g/mol. The first kappa shape index (κ1) is 19.5. The molecule has 2 aromatic carbocycles. The topological polar surface area (TPSA) is 47.9 Å². The fourth-order valence-electron chi connectivity index (χ4n) is 3.02. The van der Waals surface area contributed by atoms with Crippen molar-refractivity contribution in [1.29, 1.82) is 0 Å². The van der Waals surface area contributed by atoms with Crippen molar-refractivity contribution in [1.82, 2.24) is 15.2 Å². The van der Waals surface area contributed by atoms with Gasteiger partial charge in [-0.1, -0.05) is 53.6 Å². The summed E-state index contributed by atoms with van der Waals surface area (Å²) in [4.78, 5) is 16.7. The molecule has 1 aliphatic rings. The molecule has 0 unspecified atom stereocenters. The number of amides is 1. The third-order valence-electron chi connectivity index (χ3n) is 4.63. The van der Waals surface area contributed by atoms with Crippen molar-refractivity contribution in [2.24, 2.45) is 5.10 Å². The quantitative estimate of drug-likeness (QED) is 0.615. The Bertz CT molecular complexity index is 766. The van der Waals surface area contributed by atoms with Crippen LogP contribution in [0.4, 0.5) is 0 Å². The van der Waals surface area contributed by atoms with E-state index in [4.69, 9.17) is 11.6 Å². The molecule has 0 spiro atoms. The number of halogens is 1. The van der Waals surface area contributed by atoms with Crippen LogP contribution in [-0.4, -0.2) is 54.6 Å². The van der Waals surface area contributed by atoms with E-state index >= 15 is 0 Å². The Morgan fingerprint density at radius 3 is 2.33 bits per heavy atom. The van der Waals surface area contributed by atoms with Gasteiger partial charge in [0.1, 0.15) is 0 Å². The van der Waals surface area contributed by atoms with Crippen molar-refractivity contribution in [2.75, 3.05) is 32.7 Å². The predicted molar refractivity (Wildman–Crippen MR) is 110 cm³/mol. The maximum Gasteiger partial charge on any atom is 0.254 e. The summed E-state index contributed by atoms with van der Waals surface area (Å²) in [5.74, 6) is -0.0906. The van der Waals surface area contributed by atoms with E-state index in [9.17, 15) is 4.79 Å². The van der Waals surface area contributed by atoms with Crippen LogP contribution in [0.15, 0.2) is 53.6 Å². The highest BCUT2D eigenvalue weighted by molar-refractivity contribution is 6.30. The van der Waals surface area contributed by atoms with Gasteiger partial charge in [0, 0.05) is 37.7 Å². The minimum atomic E-state index is -0.0906. The molecule has 0 radical (unpaired) electrons. The minimum Gasteiger partial charge on any atom is -0.297 e. The average Bonchev–Trinajstić information content (AvgIpc) is 2.67. The summed E-state index contributed by atoms with van der Waals surface area (Å²) in [6, 6.07) is 16.0. The third-order valence-corrected chi connectivity index (χ3v) is 4.88. The molecule has 0 saturated carbocycles. The number of hydrogen-bond donors (Lipinski definition) is 1. The molecule has 6 heteroatoms. The van der Waals surface area contributed by atoms with Crippen LogP contribution in [-0.2, 0) is 11.3 Å².